The minimum atomic E-state index is -2.82. The van der Waals surface area contributed by atoms with E-state index in [9.17, 15) is 23.2 Å². The second-order valence-electron chi connectivity index (χ2n) is 13.7. The van der Waals surface area contributed by atoms with Gasteiger partial charge < -0.3 is 30.5 Å². The highest BCUT2D eigenvalue weighted by Crippen LogP contribution is 2.44. The summed E-state index contributed by atoms with van der Waals surface area (Å²) in [7, 11) is 1.66. The Hall–Kier alpha value is -2.99. The zero-order chi connectivity index (χ0) is 35.0. The molecule has 1 saturated heterocycles. The maximum absolute atomic E-state index is 14.8. The molecule has 0 bridgehead atoms. The molecular formula is C36H45Cl2F2N5O4. The van der Waals surface area contributed by atoms with Gasteiger partial charge in [-0.1, -0.05) is 54.4 Å². The van der Waals surface area contributed by atoms with E-state index in [1.54, 1.807) is 18.0 Å². The Morgan fingerprint density at radius 3 is 2.47 bits per heavy atom. The van der Waals surface area contributed by atoms with Crippen molar-refractivity contribution >= 4 is 46.6 Å². The van der Waals surface area contributed by atoms with Crippen molar-refractivity contribution in [1.82, 2.24) is 20.9 Å². The van der Waals surface area contributed by atoms with Crippen LogP contribution in [0.2, 0.25) is 10.0 Å². The van der Waals surface area contributed by atoms with Crippen molar-refractivity contribution < 1.29 is 27.9 Å². The van der Waals surface area contributed by atoms with Crippen molar-refractivity contribution in [1.29, 1.82) is 0 Å². The summed E-state index contributed by atoms with van der Waals surface area (Å²) >= 11 is 13.1. The Morgan fingerprint density at radius 1 is 1.04 bits per heavy atom. The number of ether oxygens (including phenoxy) is 1. The monoisotopic (exact) mass is 719 g/mol. The highest BCUT2D eigenvalue weighted by Gasteiger charge is 2.49. The van der Waals surface area contributed by atoms with E-state index in [1.165, 1.54) is 0 Å². The normalized spacial score (nSPS) is 25.6. The smallest absolute Gasteiger partial charge is 0.248 e. The number of hydrogen-bond acceptors (Lipinski definition) is 6. The van der Waals surface area contributed by atoms with Gasteiger partial charge in [0, 0.05) is 44.0 Å². The molecule has 2 aliphatic heterocycles. The molecule has 49 heavy (non-hydrogen) atoms. The molecule has 2 fully saturated rings. The quantitative estimate of drug-likeness (QED) is 0.317. The molecule has 0 radical (unpaired) electrons. The molecule has 13 heteroatoms. The molecule has 2 aromatic rings. The molecule has 0 aromatic heterocycles. The van der Waals surface area contributed by atoms with Crippen molar-refractivity contribution in [3.63, 3.8) is 0 Å². The van der Waals surface area contributed by atoms with E-state index in [2.05, 4.69) is 20.9 Å². The number of anilines is 1. The van der Waals surface area contributed by atoms with Crippen LogP contribution >= 0.6 is 23.2 Å². The summed E-state index contributed by atoms with van der Waals surface area (Å²) in [5.41, 5.74) is 3.78. The lowest BCUT2D eigenvalue weighted by Gasteiger charge is -2.46. The first kappa shape index (κ1) is 35.8. The van der Waals surface area contributed by atoms with Crippen LogP contribution in [0.25, 0.3) is 0 Å². The van der Waals surface area contributed by atoms with E-state index in [1.807, 2.05) is 44.2 Å². The zero-order valence-electron chi connectivity index (χ0n) is 28.1. The predicted octanol–water partition coefficient (Wildman–Crippen LogP) is 5.06. The first-order chi connectivity index (χ1) is 23.4. The van der Waals surface area contributed by atoms with E-state index in [-0.39, 0.29) is 62.7 Å². The van der Waals surface area contributed by atoms with E-state index in [4.69, 9.17) is 27.9 Å². The molecule has 6 rings (SSSR count). The first-order valence-electron chi connectivity index (χ1n) is 17.3. The van der Waals surface area contributed by atoms with Gasteiger partial charge in [0.05, 0.1) is 34.9 Å². The van der Waals surface area contributed by atoms with Crippen molar-refractivity contribution in [3.8, 4) is 0 Å². The molecule has 9 nitrogen and oxygen atoms in total. The second kappa shape index (κ2) is 14.7. The van der Waals surface area contributed by atoms with E-state index in [0.29, 0.717) is 35.9 Å². The van der Waals surface area contributed by atoms with Crippen LogP contribution in [0.1, 0.15) is 68.7 Å². The summed E-state index contributed by atoms with van der Waals surface area (Å²) in [5, 5.41) is 10.1. The average molecular weight is 721 g/mol. The highest BCUT2D eigenvalue weighted by molar-refractivity contribution is 6.36. The number of alkyl halides is 2. The van der Waals surface area contributed by atoms with E-state index >= 15 is 0 Å². The van der Waals surface area contributed by atoms with Crippen molar-refractivity contribution in [2.24, 2.45) is 5.92 Å². The van der Waals surface area contributed by atoms with Crippen LogP contribution in [0.4, 0.5) is 14.5 Å². The van der Waals surface area contributed by atoms with Gasteiger partial charge in [0.1, 0.15) is 12.1 Å². The van der Waals surface area contributed by atoms with Gasteiger partial charge in [-0.3, -0.25) is 14.4 Å². The third-order valence-corrected chi connectivity index (χ3v) is 11.3. The number of likely N-dealkylation sites (N-methyl/N-ethyl adjacent to an activating group) is 1. The Bertz CT molecular complexity index is 1570. The fourth-order valence-corrected chi connectivity index (χ4v) is 8.88. The second-order valence-corrected chi connectivity index (χ2v) is 14.6. The first-order valence-corrected chi connectivity index (χ1v) is 18.1. The molecule has 266 valence electrons. The summed E-state index contributed by atoms with van der Waals surface area (Å²) in [6.45, 7) is 4.57. The number of nitrogens with zero attached hydrogens (tertiary/aromatic N) is 2. The minimum Gasteiger partial charge on any atom is -0.376 e. The fourth-order valence-electron chi connectivity index (χ4n) is 8.23. The van der Waals surface area contributed by atoms with Crippen LogP contribution in [-0.2, 0) is 32.0 Å². The molecule has 4 aliphatic rings. The highest BCUT2D eigenvalue weighted by atomic mass is 35.5. The van der Waals surface area contributed by atoms with Crippen LogP contribution in [0.5, 0.6) is 0 Å². The molecule has 2 aromatic carbocycles. The largest absolute Gasteiger partial charge is 0.376 e. The van der Waals surface area contributed by atoms with Crippen molar-refractivity contribution in [3.05, 3.63) is 63.1 Å². The number of rotatable bonds is 10. The predicted molar refractivity (Wildman–Crippen MR) is 185 cm³/mol. The Kier molecular flexibility index (Phi) is 10.7. The van der Waals surface area contributed by atoms with Crippen LogP contribution in [0, 0.1) is 5.92 Å². The molecule has 0 spiro atoms. The third kappa shape index (κ3) is 7.27. The summed E-state index contributed by atoms with van der Waals surface area (Å²) in [4.78, 5) is 46.4. The number of hydrogen-bond donors (Lipinski definition) is 3. The zero-order valence-corrected chi connectivity index (χ0v) is 29.6. The maximum Gasteiger partial charge on any atom is 0.248 e. The molecule has 2 heterocycles. The number of fused-ring (bicyclic) bond motifs is 4. The standard InChI is InChI=1S/C36H45Cl2F2N5O4/c1-4-27(41-3)33(46)42-30(20-10-12-36(39,40)13-11-20)35(48)45-18-24-15-22-14-23(37)17-26(38)32(22)44(24)19-28(45)34(47)43-31-25-9-7-6-8-21(25)16-29(31)49-5-2/h6-9,14,17,20,24,27-31,41H,4-5,10-13,15-16,18-19H2,1-3H3,(H,42,46)(H,43,47)/t24-,27-,28-,29-,30-,31-/m0/s1. The summed E-state index contributed by atoms with van der Waals surface area (Å²) in [6, 6.07) is 8.20. The van der Waals surface area contributed by atoms with Crippen LogP contribution in [0.3, 0.4) is 0 Å². The number of amides is 3. The number of halogens is 4. The van der Waals surface area contributed by atoms with E-state index < -0.39 is 41.9 Å². The minimum absolute atomic E-state index is 0.0781. The molecule has 2 aliphatic carbocycles. The molecule has 1 saturated carbocycles. The lowest BCUT2D eigenvalue weighted by molar-refractivity contribution is -0.147. The Balaban J connectivity index is 1.34. The number of benzene rings is 2. The molecule has 6 atom stereocenters. The molecule has 3 N–H and O–H groups in total. The SMILES string of the molecule is CCO[C@H]1Cc2ccccc2[C@@H]1NC(=O)[C@@H]1CN2c3c(Cl)cc(Cl)cc3C[C@H]2CN1C(=O)[C@@H](NC(=O)[C@H](CC)NC)C1CCC(F)(F)CC1. The van der Waals surface area contributed by atoms with Gasteiger partial charge in [0.2, 0.25) is 23.6 Å². The Morgan fingerprint density at radius 2 is 1.78 bits per heavy atom. The fraction of sp³-hybridized carbons (Fsp3) is 0.583. The molecular weight excluding hydrogens is 675 g/mol. The van der Waals surface area contributed by atoms with Gasteiger partial charge in [0.25, 0.3) is 0 Å². The average Bonchev–Trinajstić information content (AvgIpc) is 3.60. The van der Waals surface area contributed by atoms with Gasteiger partial charge in [-0.2, -0.15) is 0 Å². The van der Waals surface area contributed by atoms with Crippen LogP contribution in [-0.4, -0.2) is 85.6 Å². The van der Waals surface area contributed by atoms with Crippen molar-refractivity contribution in [2.45, 2.75) is 101 Å². The van der Waals surface area contributed by atoms with Gasteiger partial charge in [0.15, 0.2) is 0 Å². The lowest BCUT2D eigenvalue weighted by Crippen LogP contribution is -2.67. The number of carbonyl (C=O) groups is 3. The Labute approximate surface area is 296 Å². The maximum atomic E-state index is 14.8. The summed E-state index contributed by atoms with van der Waals surface area (Å²) in [5.74, 6) is -4.51. The molecule has 0 unspecified atom stereocenters. The van der Waals surface area contributed by atoms with Crippen LogP contribution < -0.4 is 20.9 Å². The van der Waals surface area contributed by atoms with Gasteiger partial charge >= 0.3 is 0 Å². The third-order valence-electron chi connectivity index (χ3n) is 10.8. The van der Waals surface area contributed by atoms with Gasteiger partial charge in [-0.15, -0.1) is 0 Å². The number of carbonyl (C=O) groups excluding carboxylic acids is 3. The lowest BCUT2D eigenvalue weighted by atomic mass is 9.81. The van der Waals surface area contributed by atoms with Gasteiger partial charge in [-0.05, 0) is 74.4 Å². The van der Waals surface area contributed by atoms with E-state index in [0.717, 1.165) is 22.4 Å². The topological polar surface area (TPSA) is 103 Å². The summed E-state index contributed by atoms with van der Waals surface area (Å²) in [6.07, 6.45) is 0.821. The summed E-state index contributed by atoms with van der Waals surface area (Å²) < 4.78 is 34.7. The van der Waals surface area contributed by atoms with Crippen LogP contribution in [0.15, 0.2) is 36.4 Å². The van der Waals surface area contributed by atoms with Crippen molar-refractivity contribution in [2.75, 3.05) is 31.6 Å². The number of piperazine rings is 1. The van der Waals surface area contributed by atoms with Gasteiger partial charge in [-0.25, -0.2) is 8.78 Å². The molecule has 3 amide bonds. The number of nitrogens with one attached hydrogen (secondary N) is 3.